The van der Waals surface area contributed by atoms with E-state index >= 15 is 0 Å². The molecule has 3 N–H and O–H groups in total. The minimum absolute atomic E-state index is 0.669. The molecular formula is C17H29N3O2P+. The summed E-state index contributed by atoms with van der Waals surface area (Å²) in [6.07, 6.45) is 4.38. The lowest BCUT2D eigenvalue weighted by atomic mass is 10.0. The average Bonchev–Trinajstić information content (AvgIpc) is 2.56. The number of nitrogens with zero attached hydrogens (tertiary/aromatic N) is 2. The second-order valence-corrected chi connectivity index (χ2v) is 10.5. The van der Waals surface area contributed by atoms with Crippen LogP contribution in [-0.2, 0) is 0 Å². The molecule has 2 heterocycles. The number of benzene rings is 1. The van der Waals surface area contributed by atoms with Crippen LogP contribution in [0.5, 0.6) is 5.75 Å². The molecule has 23 heavy (non-hydrogen) atoms. The van der Waals surface area contributed by atoms with Gasteiger partial charge in [-0.3, -0.25) is 9.79 Å². The van der Waals surface area contributed by atoms with E-state index in [0.717, 1.165) is 44.3 Å². The molecule has 0 bridgehead atoms. The topological polar surface area (TPSA) is 62.0 Å². The third-order valence-corrected chi connectivity index (χ3v) is 7.63. The summed E-state index contributed by atoms with van der Waals surface area (Å²) in [5, 5.41) is 0. The minimum atomic E-state index is -1.58. The van der Waals surface area contributed by atoms with Crippen molar-refractivity contribution in [1.29, 1.82) is 0 Å². The first-order chi connectivity index (χ1) is 11.0. The Labute approximate surface area is 139 Å². The van der Waals surface area contributed by atoms with Crippen LogP contribution in [0.3, 0.4) is 0 Å². The second-order valence-electron chi connectivity index (χ2n) is 6.97. The fraction of sp³-hybridized carbons (Fsp3) is 0.647. The summed E-state index contributed by atoms with van der Waals surface area (Å²) >= 11 is 0. The number of anilines is 2. The largest absolute Gasteiger partial charge is 0.495 e. The molecule has 1 aromatic rings. The van der Waals surface area contributed by atoms with Crippen LogP contribution in [0.1, 0.15) is 12.8 Å². The molecule has 0 radical (unpaired) electrons. The van der Waals surface area contributed by atoms with Crippen molar-refractivity contribution in [2.24, 2.45) is 0 Å². The maximum atomic E-state index is 10.2. The van der Waals surface area contributed by atoms with Gasteiger partial charge >= 0.3 is 0 Å². The van der Waals surface area contributed by atoms with Gasteiger partial charge in [-0.2, -0.15) is 0 Å². The zero-order valence-corrected chi connectivity index (χ0v) is 15.1. The fourth-order valence-electron chi connectivity index (χ4n) is 3.66. The van der Waals surface area contributed by atoms with E-state index in [1.807, 2.05) is 12.1 Å². The van der Waals surface area contributed by atoms with Crippen LogP contribution in [0, 0.1) is 0 Å². The highest BCUT2D eigenvalue weighted by Crippen LogP contribution is 2.52. The Kier molecular flexibility index (Phi) is 5.00. The number of rotatable bonds is 3. The van der Waals surface area contributed by atoms with E-state index in [9.17, 15) is 4.89 Å². The highest BCUT2D eigenvalue weighted by molar-refractivity contribution is 7.69. The fourth-order valence-corrected chi connectivity index (χ4v) is 5.26. The number of methoxy groups -OCH3 is 1. The van der Waals surface area contributed by atoms with Crippen molar-refractivity contribution < 1.29 is 9.63 Å². The quantitative estimate of drug-likeness (QED) is 0.653. The predicted octanol–water partition coefficient (Wildman–Crippen LogP) is 2.12. The number of hydrogen-bond acceptors (Lipinski definition) is 5. The predicted molar refractivity (Wildman–Crippen MR) is 99.0 cm³/mol. The lowest BCUT2D eigenvalue weighted by Gasteiger charge is -2.41. The molecule has 0 unspecified atom stereocenters. The molecule has 5 nitrogen and oxygen atoms in total. The zero-order valence-electron chi connectivity index (χ0n) is 14.2. The molecule has 0 aromatic heterocycles. The summed E-state index contributed by atoms with van der Waals surface area (Å²) < 4.78 is 5.33. The molecule has 0 spiro atoms. The SMILES string of the molecule is COc1cc(N2CCC(N3CC[P+](C)(O)CC3)CC2)ccc1N. The van der Waals surface area contributed by atoms with Crippen LogP contribution in [0.4, 0.5) is 11.4 Å². The van der Waals surface area contributed by atoms with Gasteiger partial charge in [0.05, 0.1) is 31.8 Å². The van der Waals surface area contributed by atoms with E-state index in [-0.39, 0.29) is 0 Å². The van der Waals surface area contributed by atoms with E-state index in [1.54, 1.807) is 7.11 Å². The molecule has 1 aromatic carbocycles. The number of piperidine rings is 1. The van der Waals surface area contributed by atoms with Gasteiger partial charge in [-0.15, -0.1) is 0 Å². The molecule has 0 amide bonds. The van der Waals surface area contributed by atoms with Gasteiger partial charge in [0.2, 0.25) is 0 Å². The molecule has 2 aliphatic heterocycles. The van der Waals surface area contributed by atoms with Crippen molar-refractivity contribution in [3.8, 4) is 5.75 Å². The molecule has 0 aliphatic carbocycles. The van der Waals surface area contributed by atoms with Gasteiger partial charge in [-0.05, 0) is 25.0 Å². The number of ether oxygens (including phenoxy) is 1. The summed E-state index contributed by atoms with van der Waals surface area (Å²) in [7, 11) is 0.0856. The van der Waals surface area contributed by atoms with E-state index in [4.69, 9.17) is 10.5 Å². The lowest BCUT2D eigenvalue weighted by Crippen LogP contribution is -2.49. The van der Waals surface area contributed by atoms with Crippen LogP contribution < -0.4 is 15.4 Å². The number of nitrogens with two attached hydrogens (primary N) is 1. The normalized spacial score (nSPS) is 23.0. The summed E-state index contributed by atoms with van der Waals surface area (Å²) in [5.41, 5.74) is 7.79. The molecular weight excluding hydrogens is 309 g/mol. The van der Waals surface area contributed by atoms with Crippen molar-refractivity contribution in [3.05, 3.63) is 18.2 Å². The van der Waals surface area contributed by atoms with E-state index in [1.165, 1.54) is 18.5 Å². The molecule has 2 saturated heterocycles. The molecule has 0 atom stereocenters. The van der Waals surface area contributed by atoms with Gasteiger partial charge in [0, 0.05) is 44.0 Å². The van der Waals surface area contributed by atoms with Crippen LogP contribution in [0.25, 0.3) is 0 Å². The Bertz CT molecular complexity index is 535. The highest BCUT2D eigenvalue weighted by atomic mass is 31.2. The second kappa shape index (κ2) is 6.84. The Hall–Kier alpha value is -1.03. The van der Waals surface area contributed by atoms with Gasteiger partial charge in [-0.1, -0.05) is 0 Å². The van der Waals surface area contributed by atoms with Crippen molar-refractivity contribution in [3.63, 3.8) is 0 Å². The summed E-state index contributed by atoms with van der Waals surface area (Å²) in [6.45, 7) is 6.35. The van der Waals surface area contributed by atoms with Crippen molar-refractivity contribution in [2.75, 3.05) is 62.9 Å². The number of hydrogen-bond donors (Lipinski definition) is 2. The summed E-state index contributed by atoms with van der Waals surface area (Å²) in [4.78, 5) is 15.2. The summed E-state index contributed by atoms with van der Waals surface area (Å²) in [5.74, 6) is 0.756. The standard InChI is InChI=1S/C17H29N3O2P/c1-22-17-13-15(3-4-16(17)18)19-7-5-14(6-8-19)20-9-11-23(2,21)12-10-20/h3-4,13-14,21H,5-12,18H2,1-2H3/q+1. The smallest absolute Gasteiger partial charge is 0.143 e. The Morgan fingerprint density at radius 3 is 2.43 bits per heavy atom. The molecule has 2 fully saturated rings. The molecule has 3 rings (SSSR count). The van der Waals surface area contributed by atoms with Gasteiger partial charge in [-0.25, -0.2) is 0 Å². The van der Waals surface area contributed by atoms with Crippen LogP contribution >= 0.6 is 7.49 Å². The van der Waals surface area contributed by atoms with E-state index in [0.29, 0.717) is 11.7 Å². The highest BCUT2D eigenvalue weighted by Gasteiger charge is 2.37. The van der Waals surface area contributed by atoms with Crippen molar-refractivity contribution in [2.45, 2.75) is 18.9 Å². The van der Waals surface area contributed by atoms with E-state index in [2.05, 4.69) is 22.5 Å². The maximum Gasteiger partial charge on any atom is 0.143 e. The van der Waals surface area contributed by atoms with Crippen LogP contribution in [0.2, 0.25) is 0 Å². The molecule has 2 aliphatic rings. The van der Waals surface area contributed by atoms with Crippen LogP contribution in [0.15, 0.2) is 18.2 Å². The molecule has 6 heteroatoms. The maximum absolute atomic E-state index is 10.2. The summed E-state index contributed by atoms with van der Waals surface area (Å²) in [6, 6.07) is 6.72. The Balaban J connectivity index is 1.56. The monoisotopic (exact) mass is 338 g/mol. The third-order valence-electron chi connectivity index (χ3n) is 5.30. The van der Waals surface area contributed by atoms with Gasteiger partial charge in [0.25, 0.3) is 0 Å². The first-order valence-corrected chi connectivity index (χ1v) is 11.0. The average molecular weight is 338 g/mol. The zero-order chi connectivity index (χ0) is 16.4. The third kappa shape index (κ3) is 3.90. The Morgan fingerprint density at radius 1 is 1.17 bits per heavy atom. The van der Waals surface area contributed by atoms with Crippen LogP contribution in [-0.4, -0.2) is 68.1 Å². The minimum Gasteiger partial charge on any atom is -0.495 e. The number of nitrogen functional groups attached to an aromatic ring is 1. The molecule has 128 valence electrons. The molecule has 0 saturated carbocycles. The first-order valence-electron chi connectivity index (χ1n) is 8.48. The van der Waals surface area contributed by atoms with Gasteiger partial charge in [0.15, 0.2) is 0 Å². The van der Waals surface area contributed by atoms with Crippen molar-refractivity contribution in [1.82, 2.24) is 4.90 Å². The Morgan fingerprint density at radius 2 is 1.83 bits per heavy atom. The van der Waals surface area contributed by atoms with Crippen molar-refractivity contribution >= 4 is 18.9 Å². The van der Waals surface area contributed by atoms with Gasteiger partial charge < -0.3 is 15.4 Å². The lowest BCUT2D eigenvalue weighted by molar-refractivity contribution is 0.180. The van der Waals surface area contributed by atoms with Gasteiger partial charge in [0.1, 0.15) is 13.2 Å². The first kappa shape index (κ1) is 16.8. The van der Waals surface area contributed by atoms with E-state index < -0.39 is 7.49 Å².